The maximum Gasteiger partial charge on any atom is 0.249 e. The highest BCUT2D eigenvalue weighted by Gasteiger charge is 2.25. The molecule has 1 aliphatic rings. The van der Waals surface area contributed by atoms with E-state index >= 15 is 0 Å². The van der Waals surface area contributed by atoms with Gasteiger partial charge >= 0.3 is 0 Å². The Labute approximate surface area is 83.1 Å². The fourth-order valence-electron chi connectivity index (χ4n) is 1.51. The van der Waals surface area contributed by atoms with Crippen LogP contribution in [0.3, 0.4) is 0 Å². The monoisotopic (exact) mass is 191 g/mol. The van der Waals surface area contributed by atoms with Gasteiger partial charge in [-0.2, -0.15) is 0 Å². The second kappa shape index (κ2) is 3.80. The Morgan fingerprint density at radius 3 is 2.71 bits per heavy atom. The fourth-order valence-corrected chi connectivity index (χ4v) is 1.51. The number of rotatable bonds is 1. The molecule has 0 saturated carbocycles. The van der Waals surface area contributed by atoms with E-state index in [2.05, 4.69) is 5.32 Å². The van der Waals surface area contributed by atoms with Crippen LogP contribution in [0.1, 0.15) is 18.5 Å². The van der Waals surface area contributed by atoms with Gasteiger partial charge in [0.2, 0.25) is 5.91 Å². The lowest BCUT2D eigenvalue weighted by molar-refractivity contribution is -0.139. The summed E-state index contributed by atoms with van der Waals surface area (Å²) in [5, 5.41) is 2.92. The van der Waals surface area contributed by atoms with Crippen molar-refractivity contribution in [1.82, 2.24) is 5.32 Å². The first-order chi connectivity index (χ1) is 6.77. The van der Waals surface area contributed by atoms with E-state index in [4.69, 9.17) is 4.74 Å². The molecule has 2 atom stereocenters. The summed E-state index contributed by atoms with van der Waals surface area (Å²) in [4.78, 5) is 11.3. The Kier molecular flexibility index (Phi) is 2.50. The lowest BCUT2D eigenvalue weighted by atomic mass is 10.1. The maximum atomic E-state index is 11.3. The Balaban J connectivity index is 2.11. The molecule has 2 rings (SSSR count). The van der Waals surface area contributed by atoms with Crippen molar-refractivity contribution in [2.24, 2.45) is 0 Å². The molecular formula is C11H13NO2. The van der Waals surface area contributed by atoms with Crippen molar-refractivity contribution in [3.8, 4) is 0 Å². The van der Waals surface area contributed by atoms with Gasteiger partial charge in [-0.1, -0.05) is 30.3 Å². The lowest BCUT2D eigenvalue weighted by Gasteiger charge is -2.27. The highest BCUT2D eigenvalue weighted by Crippen LogP contribution is 2.17. The number of amides is 1. The molecule has 74 valence electrons. The first kappa shape index (κ1) is 9.21. The van der Waals surface area contributed by atoms with Crippen LogP contribution in [0.4, 0.5) is 0 Å². The molecule has 3 heteroatoms. The van der Waals surface area contributed by atoms with Crippen LogP contribution >= 0.6 is 0 Å². The van der Waals surface area contributed by atoms with E-state index < -0.39 is 0 Å². The van der Waals surface area contributed by atoms with E-state index in [9.17, 15) is 4.79 Å². The van der Waals surface area contributed by atoms with Crippen molar-refractivity contribution in [3.05, 3.63) is 35.9 Å². The van der Waals surface area contributed by atoms with Crippen molar-refractivity contribution in [3.63, 3.8) is 0 Å². The van der Waals surface area contributed by atoms with Crippen LogP contribution in [0.25, 0.3) is 0 Å². The molecular weight excluding hydrogens is 178 g/mol. The molecule has 1 aromatic carbocycles. The predicted molar refractivity (Wildman–Crippen MR) is 52.7 cm³/mol. The van der Waals surface area contributed by atoms with E-state index in [1.165, 1.54) is 0 Å². The zero-order chi connectivity index (χ0) is 9.97. The predicted octanol–water partition coefficient (Wildman–Crippen LogP) is 1.26. The van der Waals surface area contributed by atoms with Crippen molar-refractivity contribution >= 4 is 5.91 Å². The van der Waals surface area contributed by atoms with Gasteiger partial charge < -0.3 is 10.1 Å². The van der Waals surface area contributed by atoms with Gasteiger partial charge in [0, 0.05) is 0 Å². The topological polar surface area (TPSA) is 38.3 Å². The number of hydrogen-bond acceptors (Lipinski definition) is 2. The second-order valence-electron chi connectivity index (χ2n) is 3.45. The first-order valence-electron chi connectivity index (χ1n) is 4.74. The number of benzene rings is 1. The minimum absolute atomic E-state index is 0.0000926. The number of nitrogens with one attached hydrogen (secondary N) is 1. The SMILES string of the molecule is CC1OCC(c2ccccc2)NC1=O. The van der Waals surface area contributed by atoms with E-state index in [-0.39, 0.29) is 18.1 Å². The highest BCUT2D eigenvalue weighted by molar-refractivity contribution is 5.81. The van der Waals surface area contributed by atoms with Gasteiger partial charge in [-0.3, -0.25) is 4.79 Å². The van der Waals surface area contributed by atoms with Crippen molar-refractivity contribution in [2.45, 2.75) is 19.1 Å². The van der Waals surface area contributed by atoms with Crippen molar-refractivity contribution in [1.29, 1.82) is 0 Å². The third kappa shape index (κ3) is 1.77. The Morgan fingerprint density at radius 2 is 2.07 bits per heavy atom. The summed E-state index contributed by atoms with van der Waals surface area (Å²) >= 11 is 0. The molecule has 0 aliphatic carbocycles. The van der Waals surface area contributed by atoms with E-state index in [0.717, 1.165) is 5.56 Å². The summed E-state index contributed by atoms with van der Waals surface area (Å²) in [6, 6.07) is 9.85. The van der Waals surface area contributed by atoms with Crippen LogP contribution in [0.5, 0.6) is 0 Å². The molecule has 1 aliphatic heterocycles. The molecule has 0 spiro atoms. The lowest BCUT2D eigenvalue weighted by Crippen LogP contribution is -2.44. The zero-order valence-electron chi connectivity index (χ0n) is 8.07. The smallest absolute Gasteiger partial charge is 0.249 e. The van der Waals surface area contributed by atoms with E-state index in [1.54, 1.807) is 6.92 Å². The number of hydrogen-bond donors (Lipinski definition) is 1. The minimum Gasteiger partial charge on any atom is -0.366 e. The average Bonchev–Trinajstić information content (AvgIpc) is 2.23. The second-order valence-corrected chi connectivity index (χ2v) is 3.45. The van der Waals surface area contributed by atoms with Gasteiger partial charge in [-0.05, 0) is 12.5 Å². The molecule has 1 aromatic rings. The van der Waals surface area contributed by atoms with Gasteiger partial charge in [0.1, 0.15) is 6.10 Å². The number of carbonyl (C=O) groups excluding carboxylic acids is 1. The number of morpholine rings is 1. The zero-order valence-corrected chi connectivity index (χ0v) is 8.07. The summed E-state index contributed by atoms with van der Waals surface area (Å²) in [7, 11) is 0. The van der Waals surface area contributed by atoms with E-state index in [0.29, 0.717) is 6.61 Å². The van der Waals surface area contributed by atoms with Gasteiger partial charge in [0.15, 0.2) is 0 Å². The maximum absolute atomic E-state index is 11.3. The number of ether oxygens (including phenoxy) is 1. The minimum atomic E-state index is -0.324. The van der Waals surface area contributed by atoms with Gasteiger partial charge in [0.25, 0.3) is 0 Å². The third-order valence-electron chi connectivity index (χ3n) is 2.40. The largest absolute Gasteiger partial charge is 0.366 e. The molecule has 1 fully saturated rings. The van der Waals surface area contributed by atoms with Crippen LogP contribution in [0, 0.1) is 0 Å². The van der Waals surface area contributed by atoms with Gasteiger partial charge in [-0.15, -0.1) is 0 Å². The Morgan fingerprint density at radius 1 is 1.36 bits per heavy atom. The fraction of sp³-hybridized carbons (Fsp3) is 0.364. The van der Waals surface area contributed by atoms with Crippen LogP contribution in [0.15, 0.2) is 30.3 Å². The summed E-state index contributed by atoms with van der Waals surface area (Å²) in [5.41, 5.74) is 1.09. The standard InChI is InChI=1S/C11H13NO2/c1-8-11(13)12-10(7-14-8)9-5-3-2-4-6-9/h2-6,8,10H,7H2,1H3,(H,12,13). The molecule has 2 unspecified atom stereocenters. The molecule has 1 saturated heterocycles. The van der Waals surface area contributed by atoms with Crippen molar-refractivity contribution in [2.75, 3.05) is 6.61 Å². The summed E-state index contributed by atoms with van der Waals surface area (Å²) in [6.45, 7) is 2.31. The molecule has 14 heavy (non-hydrogen) atoms. The average molecular weight is 191 g/mol. The molecule has 3 nitrogen and oxygen atoms in total. The Bertz CT molecular complexity index is 323. The Hall–Kier alpha value is -1.35. The molecule has 1 amide bonds. The van der Waals surface area contributed by atoms with Gasteiger partial charge in [-0.25, -0.2) is 0 Å². The number of carbonyl (C=O) groups is 1. The van der Waals surface area contributed by atoms with Crippen LogP contribution in [0.2, 0.25) is 0 Å². The normalized spacial score (nSPS) is 27.1. The van der Waals surface area contributed by atoms with Crippen LogP contribution < -0.4 is 5.32 Å². The van der Waals surface area contributed by atoms with Crippen molar-refractivity contribution < 1.29 is 9.53 Å². The quantitative estimate of drug-likeness (QED) is 0.725. The van der Waals surface area contributed by atoms with E-state index in [1.807, 2.05) is 30.3 Å². The first-order valence-corrected chi connectivity index (χ1v) is 4.74. The summed E-state index contributed by atoms with van der Waals surface area (Å²) in [6.07, 6.45) is -0.324. The molecule has 0 aromatic heterocycles. The summed E-state index contributed by atoms with van der Waals surface area (Å²) in [5.74, 6) is -0.0369. The summed E-state index contributed by atoms with van der Waals surface area (Å²) < 4.78 is 5.35. The molecule has 1 N–H and O–H groups in total. The highest BCUT2D eigenvalue weighted by atomic mass is 16.5. The third-order valence-corrected chi connectivity index (χ3v) is 2.40. The van der Waals surface area contributed by atoms with Gasteiger partial charge in [0.05, 0.1) is 12.6 Å². The van der Waals surface area contributed by atoms with Crippen LogP contribution in [-0.4, -0.2) is 18.6 Å². The van der Waals surface area contributed by atoms with Crippen LogP contribution in [-0.2, 0) is 9.53 Å². The molecule has 1 heterocycles. The molecule has 0 radical (unpaired) electrons. The molecule has 0 bridgehead atoms.